The number of hydrogen-bond acceptors (Lipinski definition) is 3. The highest BCUT2D eigenvalue weighted by Crippen LogP contribution is 2.51. The fourth-order valence-corrected chi connectivity index (χ4v) is 2.10. The van der Waals surface area contributed by atoms with E-state index in [1.165, 1.54) is 0 Å². The molecule has 20 heavy (non-hydrogen) atoms. The molecule has 0 saturated heterocycles. The molecule has 1 aliphatic rings. The van der Waals surface area contributed by atoms with Crippen LogP contribution < -0.4 is 5.32 Å². The Kier molecular flexibility index (Phi) is 3.45. The number of carbonyl (C=O) groups excluding carboxylic acids is 1. The van der Waals surface area contributed by atoms with Gasteiger partial charge in [0, 0.05) is 6.54 Å². The monoisotopic (exact) mass is 284 g/mol. The molecule has 0 spiro atoms. The Labute approximate surface area is 114 Å². The van der Waals surface area contributed by atoms with Crippen molar-refractivity contribution in [2.45, 2.75) is 20.3 Å². The molecule has 0 radical (unpaired) electrons. The number of amides is 1. The second kappa shape index (κ2) is 4.81. The quantitative estimate of drug-likeness (QED) is 0.682. The number of hydrogen-bond donors (Lipinski definition) is 1. The van der Waals surface area contributed by atoms with E-state index in [9.17, 15) is 23.7 Å². The van der Waals surface area contributed by atoms with E-state index in [4.69, 9.17) is 0 Å². The van der Waals surface area contributed by atoms with Crippen LogP contribution in [-0.4, -0.2) is 17.4 Å². The topological polar surface area (TPSA) is 72.2 Å². The lowest BCUT2D eigenvalue weighted by Crippen LogP contribution is -2.27. The third-order valence-electron chi connectivity index (χ3n) is 3.71. The van der Waals surface area contributed by atoms with Crippen LogP contribution in [0.2, 0.25) is 0 Å². The summed E-state index contributed by atoms with van der Waals surface area (Å²) in [5, 5.41) is 13.3. The molecule has 5 nitrogen and oxygen atoms in total. The number of benzene rings is 1. The van der Waals surface area contributed by atoms with E-state index in [1.807, 2.05) is 13.8 Å². The standard InChI is InChI=1S/C13H14F2N2O3/c1-13(2)5-7(13)6-16-12(18)8-3-9(14)10(15)4-11(8)17(19)20/h3-4,7H,5-6H2,1-2H3,(H,16,18). The lowest BCUT2D eigenvalue weighted by atomic mass is 10.1. The number of nitro groups is 1. The van der Waals surface area contributed by atoms with Gasteiger partial charge in [-0.2, -0.15) is 0 Å². The van der Waals surface area contributed by atoms with Crippen LogP contribution in [0, 0.1) is 33.1 Å². The summed E-state index contributed by atoms with van der Waals surface area (Å²) in [6, 6.07) is 0.978. The molecule has 1 N–H and O–H groups in total. The molecule has 7 heteroatoms. The van der Waals surface area contributed by atoms with Crippen molar-refractivity contribution in [1.82, 2.24) is 5.32 Å². The fraction of sp³-hybridized carbons (Fsp3) is 0.462. The number of nitrogens with one attached hydrogen (secondary N) is 1. The zero-order chi connectivity index (χ0) is 15.1. The first kappa shape index (κ1) is 14.4. The van der Waals surface area contributed by atoms with Crippen LogP contribution in [0.5, 0.6) is 0 Å². The Morgan fingerprint density at radius 3 is 2.50 bits per heavy atom. The minimum atomic E-state index is -1.35. The predicted molar refractivity (Wildman–Crippen MR) is 67.2 cm³/mol. The maximum atomic E-state index is 13.1. The molecule has 1 fully saturated rings. The van der Waals surface area contributed by atoms with Crippen molar-refractivity contribution in [1.29, 1.82) is 0 Å². The summed E-state index contributed by atoms with van der Waals surface area (Å²) in [7, 11) is 0. The van der Waals surface area contributed by atoms with Crippen LogP contribution in [0.25, 0.3) is 0 Å². The molecule has 1 aliphatic carbocycles. The van der Waals surface area contributed by atoms with Crippen LogP contribution >= 0.6 is 0 Å². The van der Waals surface area contributed by atoms with Gasteiger partial charge in [0.15, 0.2) is 11.6 Å². The molecular formula is C13H14F2N2O3. The maximum absolute atomic E-state index is 13.1. The van der Waals surface area contributed by atoms with Crippen LogP contribution in [0.15, 0.2) is 12.1 Å². The van der Waals surface area contributed by atoms with Gasteiger partial charge in [-0.1, -0.05) is 13.8 Å². The minimum absolute atomic E-state index is 0.146. The molecule has 1 amide bonds. The first-order valence-corrected chi connectivity index (χ1v) is 6.14. The predicted octanol–water partition coefficient (Wildman–Crippen LogP) is 2.65. The summed E-state index contributed by atoms with van der Waals surface area (Å²) in [5.74, 6) is -3.10. The maximum Gasteiger partial charge on any atom is 0.285 e. The van der Waals surface area contributed by atoms with Gasteiger partial charge in [0.25, 0.3) is 11.6 Å². The smallest absolute Gasteiger partial charge is 0.285 e. The van der Waals surface area contributed by atoms with E-state index in [1.54, 1.807) is 0 Å². The van der Waals surface area contributed by atoms with Crippen LogP contribution in [0.4, 0.5) is 14.5 Å². The zero-order valence-corrected chi connectivity index (χ0v) is 11.1. The van der Waals surface area contributed by atoms with Crippen molar-refractivity contribution in [3.8, 4) is 0 Å². The summed E-state index contributed by atoms with van der Waals surface area (Å²) in [4.78, 5) is 21.7. The third kappa shape index (κ3) is 2.76. The van der Waals surface area contributed by atoms with E-state index < -0.39 is 33.7 Å². The number of rotatable bonds is 4. The molecule has 2 rings (SSSR count). The van der Waals surface area contributed by atoms with Gasteiger partial charge in [-0.3, -0.25) is 14.9 Å². The molecular weight excluding hydrogens is 270 g/mol. The number of carbonyl (C=O) groups is 1. The summed E-state index contributed by atoms with van der Waals surface area (Å²) < 4.78 is 26.1. The molecule has 1 saturated carbocycles. The zero-order valence-electron chi connectivity index (χ0n) is 11.1. The molecule has 1 atom stereocenters. The third-order valence-corrected chi connectivity index (χ3v) is 3.71. The van der Waals surface area contributed by atoms with Crippen molar-refractivity contribution >= 4 is 11.6 Å². The van der Waals surface area contributed by atoms with Gasteiger partial charge >= 0.3 is 0 Å². The summed E-state index contributed by atoms with van der Waals surface area (Å²) in [6.45, 7) is 4.45. The molecule has 0 aromatic heterocycles. The van der Waals surface area contributed by atoms with E-state index in [0.717, 1.165) is 6.42 Å². The highest BCUT2D eigenvalue weighted by Gasteiger charge is 2.45. The Hall–Kier alpha value is -2.05. The Bertz CT molecular complexity index is 587. The van der Waals surface area contributed by atoms with Gasteiger partial charge in [0.05, 0.1) is 11.0 Å². The van der Waals surface area contributed by atoms with Crippen LogP contribution in [0.3, 0.4) is 0 Å². The minimum Gasteiger partial charge on any atom is -0.352 e. The van der Waals surface area contributed by atoms with E-state index in [0.29, 0.717) is 24.6 Å². The summed E-state index contributed by atoms with van der Waals surface area (Å²) >= 11 is 0. The average molecular weight is 284 g/mol. The lowest BCUT2D eigenvalue weighted by Gasteiger charge is -2.07. The Balaban J connectivity index is 2.16. The van der Waals surface area contributed by atoms with Gasteiger partial charge in [0.1, 0.15) is 5.56 Å². The first-order chi connectivity index (χ1) is 9.22. The van der Waals surface area contributed by atoms with Crippen LogP contribution in [-0.2, 0) is 0 Å². The van der Waals surface area contributed by atoms with E-state index in [2.05, 4.69) is 5.32 Å². The van der Waals surface area contributed by atoms with Gasteiger partial charge in [0.2, 0.25) is 0 Å². The normalized spacial score (nSPS) is 19.5. The molecule has 108 valence electrons. The van der Waals surface area contributed by atoms with E-state index >= 15 is 0 Å². The van der Waals surface area contributed by atoms with E-state index in [-0.39, 0.29) is 5.41 Å². The van der Waals surface area contributed by atoms with Crippen molar-refractivity contribution in [2.75, 3.05) is 6.54 Å². The largest absolute Gasteiger partial charge is 0.352 e. The SMILES string of the molecule is CC1(C)CC1CNC(=O)c1cc(F)c(F)cc1[N+](=O)[O-]. The van der Waals surface area contributed by atoms with Gasteiger partial charge in [-0.15, -0.1) is 0 Å². The fourth-order valence-electron chi connectivity index (χ4n) is 2.10. The second-order valence-electron chi connectivity index (χ2n) is 5.64. The Morgan fingerprint density at radius 2 is 2.00 bits per heavy atom. The van der Waals surface area contributed by atoms with Gasteiger partial charge < -0.3 is 5.32 Å². The highest BCUT2D eigenvalue weighted by molar-refractivity contribution is 5.98. The van der Waals surface area contributed by atoms with Crippen molar-refractivity contribution < 1.29 is 18.5 Å². The van der Waals surface area contributed by atoms with Crippen LogP contribution in [0.1, 0.15) is 30.6 Å². The molecule has 1 aromatic rings. The van der Waals surface area contributed by atoms with Crippen molar-refractivity contribution in [3.05, 3.63) is 39.4 Å². The molecule has 1 aromatic carbocycles. The number of halogens is 2. The summed E-state index contributed by atoms with van der Waals surface area (Å²) in [6.07, 6.45) is 0.952. The molecule has 0 heterocycles. The van der Waals surface area contributed by atoms with Gasteiger partial charge in [-0.25, -0.2) is 8.78 Å². The average Bonchev–Trinajstić information content (AvgIpc) is 2.96. The van der Waals surface area contributed by atoms with Crippen molar-refractivity contribution in [2.24, 2.45) is 11.3 Å². The second-order valence-corrected chi connectivity index (χ2v) is 5.64. The molecule has 0 bridgehead atoms. The number of nitrogens with zero attached hydrogens (tertiary/aromatic N) is 1. The van der Waals surface area contributed by atoms with Gasteiger partial charge in [-0.05, 0) is 23.8 Å². The summed E-state index contributed by atoms with van der Waals surface area (Å²) in [5.41, 5.74) is -1.06. The number of nitro benzene ring substituents is 1. The lowest BCUT2D eigenvalue weighted by molar-refractivity contribution is -0.385. The van der Waals surface area contributed by atoms with Crippen molar-refractivity contribution in [3.63, 3.8) is 0 Å². The first-order valence-electron chi connectivity index (χ1n) is 6.14. The molecule has 1 unspecified atom stereocenters. The molecule has 0 aliphatic heterocycles. The Morgan fingerprint density at radius 1 is 1.45 bits per heavy atom. The highest BCUT2D eigenvalue weighted by atomic mass is 19.2.